The fraction of sp³-hybridized carbons (Fsp3) is 0.348. The second-order valence-corrected chi connectivity index (χ2v) is 10.9. The first-order valence-corrected chi connectivity index (χ1v) is 14.0. The number of ether oxygens (including phenoxy) is 2. The highest BCUT2D eigenvalue weighted by Crippen LogP contribution is 2.47. The number of hydrogen-bond acceptors (Lipinski definition) is 6. The molecule has 2 heterocycles. The maximum Gasteiger partial charge on any atom is 0.677 e. The van der Waals surface area contributed by atoms with Crippen LogP contribution >= 0.6 is 0 Å². The maximum absolute atomic E-state index is 14.6. The zero-order valence-electron chi connectivity index (χ0n) is 21.7. The lowest BCUT2D eigenvalue weighted by Gasteiger charge is -2.20. The molecule has 2 atom stereocenters. The van der Waals surface area contributed by atoms with Crippen molar-refractivity contribution in [3.63, 3.8) is 0 Å². The number of aliphatic imine (C=N–C) groups is 1. The number of methoxy groups -OCH3 is 2. The first-order valence-electron chi connectivity index (χ1n) is 10.9. The topological polar surface area (TPSA) is 131 Å². The van der Waals surface area contributed by atoms with Crippen LogP contribution in [0.3, 0.4) is 0 Å². The van der Waals surface area contributed by atoms with E-state index in [0.29, 0.717) is 21.8 Å². The molecule has 1 aromatic heterocycles. The molecular formula is C23H26BF2N5O4S2. The molecule has 0 saturated carbocycles. The molecule has 2 unspecified atom stereocenters. The van der Waals surface area contributed by atoms with Gasteiger partial charge in [-0.1, -0.05) is 5.11 Å². The van der Waals surface area contributed by atoms with Crippen LogP contribution in [-0.2, 0) is 22.4 Å². The Labute approximate surface area is 220 Å². The molecule has 0 aliphatic carbocycles. The Morgan fingerprint density at radius 1 is 1.11 bits per heavy atom. The number of aromatic nitrogens is 1. The fourth-order valence-electron chi connectivity index (χ4n) is 4.77. The molecule has 0 bridgehead atoms. The number of hydrogen-bond donors (Lipinski definition) is 0. The lowest BCUT2D eigenvalue weighted by molar-refractivity contribution is 0.354. The number of nitrogens with zero attached hydrogens (tertiary/aromatic N) is 5. The lowest BCUT2D eigenvalue weighted by Crippen LogP contribution is -2.19. The van der Waals surface area contributed by atoms with E-state index >= 15 is 0 Å². The van der Waals surface area contributed by atoms with E-state index in [1.165, 1.54) is 45.8 Å². The minimum atomic E-state index is -2.98. The molecule has 1 aliphatic rings. The van der Waals surface area contributed by atoms with Gasteiger partial charge in [0.2, 0.25) is 0 Å². The van der Waals surface area contributed by atoms with Gasteiger partial charge in [-0.3, -0.25) is 8.63 Å². The van der Waals surface area contributed by atoms with E-state index < -0.39 is 29.8 Å². The fourth-order valence-corrected chi connectivity index (χ4v) is 6.80. The zero-order valence-corrected chi connectivity index (χ0v) is 23.3. The van der Waals surface area contributed by atoms with Crippen LogP contribution in [0.1, 0.15) is 36.4 Å². The summed E-state index contributed by atoms with van der Waals surface area (Å²) in [5.74, 6) is 0.385. The van der Waals surface area contributed by atoms with Crippen LogP contribution in [0.5, 0.6) is 11.5 Å². The normalized spacial score (nSPS) is 16.3. The van der Waals surface area contributed by atoms with Crippen LogP contribution in [0.25, 0.3) is 16.0 Å². The van der Waals surface area contributed by atoms with Gasteiger partial charge in [0.25, 0.3) is 0 Å². The number of rotatable bonds is 8. The van der Waals surface area contributed by atoms with Crippen molar-refractivity contribution in [2.24, 2.45) is 10.1 Å². The Bertz CT molecular complexity index is 1400. The summed E-state index contributed by atoms with van der Waals surface area (Å²) in [5, 5.41) is 3.68. The highest BCUT2D eigenvalue weighted by molar-refractivity contribution is 7.95. The molecule has 37 heavy (non-hydrogen) atoms. The van der Waals surface area contributed by atoms with E-state index in [1.807, 2.05) is 0 Å². The van der Waals surface area contributed by atoms with Gasteiger partial charge in [0.1, 0.15) is 12.5 Å². The molecular weight excluding hydrogens is 523 g/mol. The van der Waals surface area contributed by atoms with E-state index in [1.54, 1.807) is 20.8 Å². The van der Waals surface area contributed by atoms with Gasteiger partial charge in [0.15, 0.2) is 21.3 Å². The van der Waals surface area contributed by atoms with Crippen molar-refractivity contribution < 1.29 is 27.2 Å². The second-order valence-electron chi connectivity index (χ2n) is 8.24. The summed E-state index contributed by atoms with van der Waals surface area (Å²) in [7, 11) is -0.192. The Hall–Kier alpha value is -2.90. The van der Waals surface area contributed by atoms with E-state index in [4.69, 9.17) is 15.0 Å². The molecule has 14 heteroatoms. The van der Waals surface area contributed by atoms with E-state index in [2.05, 4.69) is 15.0 Å². The largest absolute Gasteiger partial charge is 0.677 e. The first kappa shape index (κ1) is 28.7. The van der Waals surface area contributed by atoms with Gasteiger partial charge in [-0.15, -0.1) is 0 Å². The SMILES string of the molecule is COc1cc(N=[N+]=[N-])cc(/C(=C2/N=C(C)C([S+](C)[O-])=C2C)c2c(C)c([S+](C)[O-])c(C)n2B(F)F)c1OC. The van der Waals surface area contributed by atoms with E-state index in [0.717, 1.165) is 4.48 Å². The van der Waals surface area contributed by atoms with Gasteiger partial charge in [0.05, 0.1) is 37.0 Å². The quantitative estimate of drug-likeness (QED) is 0.142. The average molecular weight is 549 g/mol. The Morgan fingerprint density at radius 2 is 1.76 bits per heavy atom. The third kappa shape index (κ3) is 4.99. The van der Waals surface area contributed by atoms with Gasteiger partial charge in [-0.25, -0.2) is 4.99 Å². The van der Waals surface area contributed by atoms with Crippen molar-refractivity contribution in [1.29, 1.82) is 0 Å². The maximum atomic E-state index is 14.6. The zero-order chi connectivity index (χ0) is 27.8. The molecule has 0 amide bonds. The van der Waals surface area contributed by atoms with Gasteiger partial charge in [0, 0.05) is 32.9 Å². The predicted octanol–water partition coefficient (Wildman–Crippen LogP) is 5.46. The molecule has 0 N–H and O–H groups in total. The van der Waals surface area contributed by atoms with Crippen LogP contribution in [0, 0.1) is 13.8 Å². The minimum absolute atomic E-state index is 0.0603. The predicted molar refractivity (Wildman–Crippen MR) is 144 cm³/mol. The smallest absolute Gasteiger partial charge is 0.612 e. The standard InChI is InChI=1S/C23H26BF2N5O4S2/c1-11-19(28-13(3)22(11)36(7)32)18(16-9-15(29-30-27)10-17(34-5)21(16)35-6)20-12(2)23(37(8)33)14(4)31(20)24(25)26/h9-10H,1-8H3/b19-18-. The highest BCUT2D eigenvalue weighted by atomic mass is 32.2. The lowest BCUT2D eigenvalue weighted by atomic mass is 9.93. The summed E-state index contributed by atoms with van der Waals surface area (Å²) in [6.07, 6.45) is 2.94. The number of azide groups is 1. The van der Waals surface area contributed by atoms with E-state index in [-0.39, 0.29) is 50.3 Å². The van der Waals surface area contributed by atoms with Crippen LogP contribution in [-0.4, -0.2) is 53.4 Å². The van der Waals surface area contributed by atoms with Gasteiger partial charge in [-0.2, -0.15) is 0 Å². The van der Waals surface area contributed by atoms with Crippen LogP contribution < -0.4 is 9.47 Å². The molecule has 196 valence electrons. The molecule has 0 spiro atoms. The first-order chi connectivity index (χ1) is 17.4. The van der Waals surface area contributed by atoms with Gasteiger partial charge < -0.3 is 23.1 Å². The molecule has 0 fully saturated rings. The van der Waals surface area contributed by atoms with E-state index in [9.17, 15) is 17.7 Å². The third-order valence-electron chi connectivity index (χ3n) is 6.07. The molecule has 0 radical (unpaired) electrons. The Kier molecular flexibility index (Phi) is 8.71. The average Bonchev–Trinajstić information content (AvgIpc) is 3.25. The highest BCUT2D eigenvalue weighted by Gasteiger charge is 2.38. The monoisotopic (exact) mass is 549 g/mol. The molecule has 3 rings (SSSR count). The van der Waals surface area contributed by atoms with Crippen molar-refractivity contribution in [2.75, 3.05) is 26.7 Å². The van der Waals surface area contributed by atoms with Crippen molar-refractivity contribution in [3.8, 4) is 11.5 Å². The van der Waals surface area contributed by atoms with Crippen molar-refractivity contribution >= 4 is 46.7 Å². The minimum Gasteiger partial charge on any atom is -0.612 e. The summed E-state index contributed by atoms with van der Waals surface area (Å²) in [5.41, 5.74) is 11.6. The summed E-state index contributed by atoms with van der Waals surface area (Å²) in [4.78, 5) is 8.25. The van der Waals surface area contributed by atoms with Crippen molar-refractivity contribution in [3.05, 3.63) is 61.3 Å². The Balaban J connectivity index is 2.67. The molecule has 2 aromatic rings. The summed E-state index contributed by atoms with van der Waals surface area (Å²) in [6.45, 7) is 6.50. The summed E-state index contributed by atoms with van der Waals surface area (Å²) < 4.78 is 66.4. The third-order valence-corrected chi connectivity index (χ3v) is 8.42. The number of halogens is 2. The Morgan fingerprint density at radius 3 is 2.22 bits per heavy atom. The second kappa shape index (κ2) is 11.2. The van der Waals surface area contributed by atoms with Crippen LogP contribution in [0.2, 0.25) is 0 Å². The van der Waals surface area contributed by atoms with Gasteiger partial charge >= 0.3 is 7.40 Å². The number of benzene rings is 1. The van der Waals surface area contributed by atoms with Crippen LogP contribution in [0.4, 0.5) is 14.3 Å². The molecule has 0 saturated heterocycles. The van der Waals surface area contributed by atoms with Crippen molar-refractivity contribution in [2.45, 2.75) is 32.6 Å². The van der Waals surface area contributed by atoms with Gasteiger partial charge in [-0.05, 0) is 67.7 Å². The van der Waals surface area contributed by atoms with Crippen LogP contribution in [0.15, 0.2) is 43.3 Å². The molecule has 1 aliphatic heterocycles. The summed E-state index contributed by atoms with van der Waals surface area (Å²) >= 11 is -2.99. The van der Waals surface area contributed by atoms with Crippen molar-refractivity contribution in [1.82, 2.24) is 4.48 Å². The molecule has 9 nitrogen and oxygen atoms in total. The number of allylic oxidation sites excluding steroid dienone is 2. The summed E-state index contributed by atoms with van der Waals surface area (Å²) in [6, 6.07) is 2.95. The molecule has 1 aromatic carbocycles.